The van der Waals surface area contributed by atoms with Crippen molar-refractivity contribution in [3.63, 3.8) is 0 Å². The van der Waals surface area contributed by atoms with E-state index in [-0.39, 0.29) is 11.9 Å². The molecular formula is C11H13NO2. The molecule has 0 bridgehead atoms. The maximum atomic E-state index is 11.1. The molecule has 0 amide bonds. The Labute approximate surface area is 83.1 Å². The number of aromatic nitrogens is 1. The molecule has 0 aliphatic heterocycles. The largest absolute Gasteiger partial charge is 0.469 e. The first kappa shape index (κ1) is 9.19. The fraction of sp³-hybridized carbons (Fsp3) is 0.455. The average molecular weight is 191 g/mol. The monoisotopic (exact) mass is 191 g/mol. The summed E-state index contributed by atoms with van der Waals surface area (Å²) in [6.07, 6.45) is 3.55. The molecule has 3 nitrogen and oxygen atoms in total. The summed E-state index contributed by atoms with van der Waals surface area (Å²) in [5.41, 5.74) is 1.09. The second-order valence-electron chi connectivity index (χ2n) is 3.64. The maximum absolute atomic E-state index is 11.1. The van der Waals surface area contributed by atoms with E-state index >= 15 is 0 Å². The van der Waals surface area contributed by atoms with Crippen LogP contribution in [0.25, 0.3) is 0 Å². The van der Waals surface area contributed by atoms with Crippen LogP contribution in [-0.2, 0) is 9.53 Å². The van der Waals surface area contributed by atoms with Crippen LogP contribution in [0.1, 0.15) is 24.5 Å². The Morgan fingerprint density at radius 1 is 1.50 bits per heavy atom. The molecule has 0 saturated heterocycles. The lowest BCUT2D eigenvalue weighted by molar-refractivity contribution is -0.148. The van der Waals surface area contributed by atoms with Crippen LogP contribution < -0.4 is 0 Å². The van der Waals surface area contributed by atoms with Crippen molar-refractivity contribution >= 4 is 5.97 Å². The summed E-state index contributed by atoms with van der Waals surface area (Å²) in [6, 6.07) is 5.89. The van der Waals surface area contributed by atoms with Crippen molar-refractivity contribution in [2.45, 2.75) is 18.8 Å². The van der Waals surface area contributed by atoms with Gasteiger partial charge in [-0.15, -0.1) is 0 Å². The molecule has 1 saturated carbocycles. The van der Waals surface area contributed by atoms with E-state index in [4.69, 9.17) is 0 Å². The van der Waals surface area contributed by atoms with Crippen LogP contribution in [0.4, 0.5) is 0 Å². The average Bonchev–Trinajstić information content (AvgIpc) is 2.17. The van der Waals surface area contributed by atoms with Gasteiger partial charge in [0.15, 0.2) is 0 Å². The van der Waals surface area contributed by atoms with Crippen LogP contribution >= 0.6 is 0 Å². The van der Waals surface area contributed by atoms with Crippen LogP contribution in [0.2, 0.25) is 0 Å². The van der Waals surface area contributed by atoms with Gasteiger partial charge in [0.25, 0.3) is 0 Å². The van der Waals surface area contributed by atoms with E-state index in [1.54, 1.807) is 6.20 Å². The number of nitrogens with zero attached hydrogens (tertiary/aromatic N) is 1. The van der Waals surface area contributed by atoms with Crippen molar-refractivity contribution in [2.24, 2.45) is 5.92 Å². The third kappa shape index (κ3) is 1.62. The summed E-state index contributed by atoms with van der Waals surface area (Å²) in [5.74, 6) is 0.449. The van der Waals surface area contributed by atoms with E-state index in [1.165, 1.54) is 7.11 Å². The molecule has 1 aliphatic rings. The van der Waals surface area contributed by atoms with Gasteiger partial charge in [-0.2, -0.15) is 0 Å². The standard InChI is InChI=1S/C11H13NO2/c1-14-11(13)9-6-8(7-9)10-4-2-3-5-12-10/h2-5,8-9H,6-7H2,1H3/t8-,9-. The third-order valence-electron chi connectivity index (χ3n) is 2.78. The molecule has 0 spiro atoms. The summed E-state index contributed by atoms with van der Waals surface area (Å²) in [5, 5.41) is 0. The van der Waals surface area contributed by atoms with Gasteiger partial charge in [0.05, 0.1) is 13.0 Å². The lowest BCUT2D eigenvalue weighted by Gasteiger charge is -2.32. The molecular weight excluding hydrogens is 178 g/mol. The number of hydrogen-bond donors (Lipinski definition) is 0. The highest BCUT2D eigenvalue weighted by molar-refractivity contribution is 5.73. The smallest absolute Gasteiger partial charge is 0.308 e. The van der Waals surface area contributed by atoms with Gasteiger partial charge in [0, 0.05) is 17.8 Å². The zero-order valence-electron chi connectivity index (χ0n) is 8.14. The number of esters is 1. The Morgan fingerprint density at radius 3 is 2.86 bits per heavy atom. The minimum absolute atomic E-state index is 0.0859. The number of carbonyl (C=O) groups is 1. The van der Waals surface area contributed by atoms with Crippen molar-refractivity contribution in [2.75, 3.05) is 7.11 Å². The van der Waals surface area contributed by atoms with Crippen molar-refractivity contribution < 1.29 is 9.53 Å². The predicted molar refractivity (Wildman–Crippen MR) is 51.7 cm³/mol. The Hall–Kier alpha value is -1.38. The van der Waals surface area contributed by atoms with Gasteiger partial charge < -0.3 is 4.74 Å². The fourth-order valence-corrected chi connectivity index (χ4v) is 1.84. The third-order valence-corrected chi connectivity index (χ3v) is 2.78. The van der Waals surface area contributed by atoms with Gasteiger partial charge >= 0.3 is 5.97 Å². The van der Waals surface area contributed by atoms with Crippen LogP contribution in [0.15, 0.2) is 24.4 Å². The first-order chi connectivity index (χ1) is 6.81. The van der Waals surface area contributed by atoms with E-state index in [2.05, 4.69) is 9.72 Å². The number of ether oxygens (including phenoxy) is 1. The number of pyridine rings is 1. The zero-order valence-corrected chi connectivity index (χ0v) is 8.14. The molecule has 0 atom stereocenters. The molecule has 1 aliphatic carbocycles. The highest BCUT2D eigenvalue weighted by Crippen LogP contribution is 2.41. The quantitative estimate of drug-likeness (QED) is 0.668. The minimum atomic E-state index is -0.0859. The molecule has 14 heavy (non-hydrogen) atoms. The minimum Gasteiger partial charge on any atom is -0.469 e. The molecule has 1 aromatic rings. The topological polar surface area (TPSA) is 39.2 Å². The maximum Gasteiger partial charge on any atom is 0.308 e. The summed E-state index contributed by atoms with van der Waals surface area (Å²) < 4.78 is 4.68. The molecule has 1 aromatic heterocycles. The first-order valence-corrected chi connectivity index (χ1v) is 4.80. The summed E-state index contributed by atoms with van der Waals surface area (Å²) in [4.78, 5) is 15.4. The second-order valence-corrected chi connectivity index (χ2v) is 3.64. The van der Waals surface area contributed by atoms with Crippen molar-refractivity contribution in [1.29, 1.82) is 0 Å². The van der Waals surface area contributed by atoms with Gasteiger partial charge in [-0.25, -0.2) is 0 Å². The van der Waals surface area contributed by atoms with E-state index in [9.17, 15) is 4.79 Å². The van der Waals surface area contributed by atoms with Crippen LogP contribution in [0, 0.1) is 5.92 Å². The SMILES string of the molecule is COC(=O)[C@H]1C[C@H](c2ccccn2)C1. The molecule has 0 unspecified atom stereocenters. The van der Waals surface area contributed by atoms with E-state index in [0.29, 0.717) is 5.92 Å². The molecule has 1 fully saturated rings. The summed E-state index contributed by atoms with van der Waals surface area (Å²) in [7, 11) is 1.44. The highest BCUT2D eigenvalue weighted by atomic mass is 16.5. The van der Waals surface area contributed by atoms with Crippen LogP contribution in [0.3, 0.4) is 0 Å². The molecule has 1 heterocycles. The lowest BCUT2D eigenvalue weighted by atomic mass is 9.73. The van der Waals surface area contributed by atoms with Crippen molar-refractivity contribution in [3.8, 4) is 0 Å². The van der Waals surface area contributed by atoms with E-state index in [1.807, 2.05) is 18.2 Å². The zero-order chi connectivity index (χ0) is 9.97. The summed E-state index contributed by atoms with van der Waals surface area (Å²) in [6.45, 7) is 0. The van der Waals surface area contributed by atoms with E-state index < -0.39 is 0 Å². The molecule has 74 valence electrons. The molecule has 2 rings (SSSR count). The number of rotatable bonds is 2. The molecule has 0 aromatic carbocycles. The Morgan fingerprint density at radius 2 is 2.29 bits per heavy atom. The second kappa shape index (κ2) is 3.78. The normalized spacial score (nSPS) is 25.2. The first-order valence-electron chi connectivity index (χ1n) is 4.80. The predicted octanol–water partition coefficient (Wildman–Crippen LogP) is 1.75. The summed E-state index contributed by atoms with van der Waals surface area (Å²) >= 11 is 0. The Bertz CT molecular complexity index is 317. The van der Waals surface area contributed by atoms with Crippen molar-refractivity contribution in [1.82, 2.24) is 4.98 Å². The van der Waals surface area contributed by atoms with Gasteiger partial charge in [-0.3, -0.25) is 9.78 Å². The Balaban J connectivity index is 1.92. The van der Waals surface area contributed by atoms with Gasteiger partial charge in [-0.05, 0) is 25.0 Å². The van der Waals surface area contributed by atoms with E-state index in [0.717, 1.165) is 18.5 Å². The van der Waals surface area contributed by atoms with Crippen LogP contribution in [-0.4, -0.2) is 18.1 Å². The molecule has 0 radical (unpaired) electrons. The number of methoxy groups -OCH3 is 1. The van der Waals surface area contributed by atoms with Gasteiger partial charge in [0.1, 0.15) is 0 Å². The lowest BCUT2D eigenvalue weighted by Crippen LogP contribution is -2.30. The molecule has 3 heteroatoms. The van der Waals surface area contributed by atoms with Crippen LogP contribution in [0.5, 0.6) is 0 Å². The van der Waals surface area contributed by atoms with Gasteiger partial charge in [0.2, 0.25) is 0 Å². The fourth-order valence-electron chi connectivity index (χ4n) is 1.84. The highest BCUT2D eigenvalue weighted by Gasteiger charge is 2.36. The number of carbonyl (C=O) groups excluding carboxylic acids is 1. The van der Waals surface area contributed by atoms with Crippen molar-refractivity contribution in [3.05, 3.63) is 30.1 Å². The van der Waals surface area contributed by atoms with Gasteiger partial charge in [-0.1, -0.05) is 6.07 Å². The number of hydrogen-bond acceptors (Lipinski definition) is 3. The Kier molecular flexibility index (Phi) is 2.48. The molecule has 0 N–H and O–H groups in total.